The second-order valence-corrected chi connectivity index (χ2v) is 8.23. The molecular weight excluding hydrogens is 467 g/mol. The molecular formula is C23H20F3N5O4. The summed E-state index contributed by atoms with van der Waals surface area (Å²) in [7, 11) is 0. The Balaban J connectivity index is 1.53. The Morgan fingerprint density at radius 2 is 1.94 bits per heavy atom. The average molecular weight is 487 g/mol. The van der Waals surface area contributed by atoms with E-state index in [4.69, 9.17) is 14.9 Å². The minimum absolute atomic E-state index is 0.0274. The topological polar surface area (TPSA) is 123 Å². The van der Waals surface area contributed by atoms with Crippen LogP contribution >= 0.6 is 0 Å². The van der Waals surface area contributed by atoms with Crippen LogP contribution in [-0.2, 0) is 9.59 Å². The van der Waals surface area contributed by atoms with Gasteiger partial charge in [-0.2, -0.15) is 13.2 Å². The summed E-state index contributed by atoms with van der Waals surface area (Å²) in [4.78, 5) is 28.9. The average Bonchev–Trinajstić information content (AvgIpc) is 3.40. The first-order chi connectivity index (χ1) is 16.6. The number of para-hydroxylation sites is 1. The lowest BCUT2D eigenvalue weighted by molar-refractivity contribution is -0.161. The van der Waals surface area contributed by atoms with Crippen molar-refractivity contribution in [1.29, 1.82) is 0 Å². The van der Waals surface area contributed by atoms with E-state index in [9.17, 15) is 22.8 Å². The lowest BCUT2D eigenvalue weighted by atomic mass is 9.89. The molecule has 2 aliphatic rings. The van der Waals surface area contributed by atoms with Gasteiger partial charge in [-0.25, -0.2) is 15.4 Å². The largest absolute Gasteiger partial charge is 0.481 e. The Labute approximate surface area is 196 Å². The first-order valence-corrected chi connectivity index (χ1v) is 10.6. The van der Waals surface area contributed by atoms with Crippen LogP contribution in [0.15, 0.2) is 58.6 Å². The molecule has 2 amide bonds. The van der Waals surface area contributed by atoms with Crippen molar-refractivity contribution >= 4 is 28.5 Å². The molecule has 0 bridgehead atoms. The molecule has 0 radical (unpaired) electrons. The molecule has 0 spiro atoms. The summed E-state index contributed by atoms with van der Waals surface area (Å²) in [6.45, 7) is 1.19. The van der Waals surface area contributed by atoms with E-state index in [1.165, 1.54) is 0 Å². The third kappa shape index (κ3) is 3.95. The number of aromatic nitrogens is 1. The van der Waals surface area contributed by atoms with E-state index in [0.29, 0.717) is 11.3 Å². The number of oxazole rings is 1. The Morgan fingerprint density at radius 3 is 2.63 bits per heavy atom. The maximum atomic E-state index is 14.0. The van der Waals surface area contributed by atoms with Crippen molar-refractivity contribution in [3.63, 3.8) is 0 Å². The van der Waals surface area contributed by atoms with Crippen molar-refractivity contribution in [2.45, 2.75) is 31.2 Å². The van der Waals surface area contributed by atoms with E-state index in [1.54, 1.807) is 55.5 Å². The number of carbonyl (C=O) groups is 2. The van der Waals surface area contributed by atoms with E-state index in [2.05, 4.69) is 15.7 Å². The molecule has 1 fully saturated rings. The summed E-state index contributed by atoms with van der Waals surface area (Å²) in [5.41, 5.74) is 8.70. The fourth-order valence-electron chi connectivity index (χ4n) is 4.44. The highest BCUT2D eigenvalue weighted by Gasteiger charge is 2.58. The van der Waals surface area contributed by atoms with Gasteiger partial charge in [-0.15, -0.1) is 0 Å². The summed E-state index contributed by atoms with van der Waals surface area (Å²) in [5, 5.41) is 3.98. The quantitative estimate of drug-likeness (QED) is 0.505. The van der Waals surface area contributed by atoms with E-state index in [1.807, 2.05) is 0 Å². The second-order valence-electron chi connectivity index (χ2n) is 8.23. The van der Waals surface area contributed by atoms with Crippen molar-refractivity contribution in [2.75, 3.05) is 6.61 Å². The Bertz CT molecular complexity index is 1340. The highest BCUT2D eigenvalue weighted by Crippen LogP contribution is 2.42. The number of rotatable bonds is 5. The minimum atomic E-state index is -4.61. The number of nitrogens with one attached hydrogen (secondary N) is 2. The predicted octanol–water partition coefficient (Wildman–Crippen LogP) is 2.41. The van der Waals surface area contributed by atoms with Crippen molar-refractivity contribution in [1.82, 2.24) is 20.7 Å². The first kappa shape index (κ1) is 22.7. The smallest absolute Gasteiger partial charge is 0.406 e. The highest BCUT2D eigenvalue weighted by molar-refractivity contribution is 6.20. The highest BCUT2D eigenvalue weighted by atomic mass is 19.4. The fourth-order valence-corrected chi connectivity index (χ4v) is 4.44. The van der Waals surface area contributed by atoms with Crippen molar-refractivity contribution in [2.24, 2.45) is 5.73 Å². The zero-order valence-electron chi connectivity index (χ0n) is 18.3. The lowest BCUT2D eigenvalue weighted by Gasteiger charge is -2.34. The number of alkyl halides is 3. The van der Waals surface area contributed by atoms with Crippen LogP contribution in [0.2, 0.25) is 0 Å². The van der Waals surface area contributed by atoms with E-state index in [-0.39, 0.29) is 34.9 Å². The SMILES string of the molecule is CC1=C(c2nc3c(OCC(N)=O)cccc3o2)C(=O)N2NC(C(F)(F)F)C(c3ccccc3)C2N1. The first-order valence-electron chi connectivity index (χ1n) is 10.6. The lowest BCUT2D eigenvalue weighted by Crippen LogP contribution is -2.54. The molecule has 35 heavy (non-hydrogen) atoms. The molecule has 1 aromatic heterocycles. The number of hydrogen-bond acceptors (Lipinski definition) is 7. The molecule has 2 aromatic carbocycles. The van der Waals surface area contributed by atoms with Crippen LogP contribution in [0.5, 0.6) is 5.75 Å². The molecule has 4 N–H and O–H groups in total. The number of ether oxygens (including phenoxy) is 1. The Morgan fingerprint density at radius 1 is 1.20 bits per heavy atom. The molecule has 12 heteroatoms. The number of benzene rings is 2. The van der Waals surface area contributed by atoms with E-state index >= 15 is 0 Å². The van der Waals surface area contributed by atoms with E-state index in [0.717, 1.165) is 5.01 Å². The third-order valence-corrected chi connectivity index (χ3v) is 5.93. The van der Waals surface area contributed by atoms with Gasteiger partial charge in [-0.1, -0.05) is 36.4 Å². The van der Waals surface area contributed by atoms with Gasteiger partial charge in [0.1, 0.15) is 23.5 Å². The number of nitrogens with zero attached hydrogens (tertiary/aromatic N) is 2. The van der Waals surface area contributed by atoms with Crippen LogP contribution in [0.25, 0.3) is 16.7 Å². The van der Waals surface area contributed by atoms with Gasteiger partial charge in [-0.05, 0) is 24.6 Å². The van der Waals surface area contributed by atoms with Crippen molar-refractivity contribution < 1.29 is 31.9 Å². The van der Waals surface area contributed by atoms with Crippen LogP contribution < -0.4 is 21.2 Å². The molecule has 2 aliphatic heterocycles. The number of fused-ring (bicyclic) bond motifs is 2. The summed E-state index contributed by atoms with van der Waals surface area (Å²) >= 11 is 0. The van der Waals surface area contributed by atoms with Crippen LogP contribution in [0.4, 0.5) is 13.2 Å². The maximum Gasteiger partial charge on any atom is 0.406 e. The summed E-state index contributed by atoms with van der Waals surface area (Å²) in [6.07, 6.45) is -5.60. The van der Waals surface area contributed by atoms with Crippen LogP contribution in [-0.4, -0.2) is 46.8 Å². The number of allylic oxidation sites excluding steroid dienone is 1. The summed E-state index contributed by atoms with van der Waals surface area (Å²) in [5.74, 6) is -2.38. The predicted molar refractivity (Wildman–Crippen MR) is 117 cm³/mol. The minimum Gasteiger partial charge on any atom is -0.481 e. The molecule has 5 rings (SSSR count). The van der Waals surface area contributed by atoms with Gasteiger partial charge in [0.2, 0.25) is 5.89 Å². The third-order valence-electron chi connectivity index (χ3n) is 5.93. The van der Waals surface area contributed by atoms with Crippen molar-refractivity contribution in [3.05, 3.63) is 65.7 Å². The molecule has 3 unspecified atom stereocenters. The fraction of sp³-hybridized carbons (Fsp3) is 0.261. The molecule has 3 heterocycles. The molecule has 9 nitrogen and oxygen atoms in total. The standard InChI is InChI=1S/C23H20F3N5O4/c1-11-16(21-29-18-13(34-10-15(27)32)8-5-9-14(18)35-21)22(33)31-20(28-11)17(12-6-3-2-4-7-12)19(30-31)23(24,25)26/h2-9,17,19-20,28,30H,10H2,1H3,(H2,27,32). The summed E-state index contributed by atoms with van der Waals surface area (Å²) in [6, 6.07) is 11.0. The Hall–Kier alpha value is -4.06. The van der Waals surface area contributed by atoms with Gasteiger partial charge in [0, 0.05) is 5.70 Å². The van der Waals surface area contributed by atoms with Gasteiger partial charge in [0.05, 0.1) is 5.92 Å². The van der Waals surface area contributed by atoms with E-state index < -0.39 is 36.1 Å². The van der Waals surface area contributed by atoms with Gasteiger partial charge in [0.15, 0.2) is 17.7 Å². The van der Waals surface area contributed by atoms with Crippen molar-refractivity contribution in [3.8, 4) is 5.75 Å². The number of hydrogen-bond donors (Lipinski definition) is 3. The monoisotopic (exact) mass is 487 g/mol. The van der Waals surface area contributed by atoms with Gasteiger partial charge >= 0.3 is 6.18 Å². The Kier molecular flexibility index (Phi) is 5.39. The number of nitrogens with two attached hydrogens (primary N) is 1. The van der Waals surface area contributed by atoms with Gasteiger partial charge in [0.25, 0.3) is 11.8 Å². The van der Waals surface area contributed by atoms with Gasteiger partial charge < -0.3 is 20.2 Å². The number of primary amides is 1. The molecule has 0 aliphatic carbocycles. The summed E-state index contributed by atoms with van der Waals surface area (Å²) < 4.78 is 53.0. The molecule has 1 saturated heterocycles. The maximum absolute atomic E-state index is 14.0. The number of carbonyl (C=O) groups excluding carboxylic acids is 2. The molecule has 0 saturated carbocycles. The molecule has 3 aromatic rings. The van der Waals surface area contributed by atoms with Crippen LogP contribution in [0.1, 0.15) is 24.3 Å². The second kappa shape index (κ2) is 8.31. The van der Waals surface area contributed by atoms with Crippen LogP contribution in [0, 0.1) is 0 Å². The molecule has 182 valence electrons. The van der Waals surface area contributed by atoms with Gasteiger partial charge in [-0.3, -0.25) is 9.59 Å². The normalized spacial score (nSPS) is 22.3. The number of hydrazine groups is 1. The molecule has 3 atom stereocenters. The zero-order valence-corrected chi connectivity index (χ0v) is 18.3. The van der Waals surface area contributed by atoms with Crippen LogP contribution in [0.3, 0.4) is 0 Å². The zero-order chi connectivity index (χ0) is 24.9. The number of halogens is 3. The number of amides is 2.